The van der Waals surface area contributed by atoms with E-state index in [1.165, 1.54) is 5.56 Å². The van der Waals surface area contributed by atoms with Gasteiger partial charge in [0.25, 0.3) is 0 Å². The van der Waals surface area contributed by atoms with Crippen molar-refractivity contribution < 1.29 is 10.2 Å². The minimum Gasteiger partial charge on any atom is -0.396 e. The smallest absolute Gasteiger partial charge is 0.0471 e. The fourth-order valence-electron chi connectivity index (χ4n) is 2.92. The predicted octanol–water partition coefficient (Wildman–Crippen LogP) is 1.09. The monoisotopic (exact) mass is 292 g/mol. The lowest BCUT2D eigenvalue weighted by atomic mass is 10.1. The van der Waals surface area contributed by atoms with Crippen LogP contribution in [0, 0.1) is 11.8 Å². The molecule has 2 atom stereocenters. The summed E-state index contributed by atoms with van der Waals surface area (Å²) in [5.74, 6) is 1.04. The Kier molecular flexibility index (Phi) is 7.16. The molecule has 2 aliphatic rings. The van der Waals surface area contributed by atoms with Gasteiger partial charge in [-0.3, -0.25) is 4.90 Å². The van der Waals surface area contributed by atoms with Crippen molar-refractivity contribution in [3.05, 3.63) is 35.9 Å². The van der Waals surface area contributed by atoms with Crippen LogP contribution < -0.4 is 5.32 Å². The van der Waals surface area contributed by atoms with Crippen molar-refractivity contribution in [2.45, 2.75) is 19.4 Å². The summed E-state index contributed by atoms with van der Waals surface area (Å²) in [7, 11) is 0. The molecule has 0 aliphatic carbocycles. The quantitative estimate of drug-likeness (QED) is 0.777. The average molecular weight is 292 g/mol. The van der Waals surface area contributed by atoms with Gasteiger partial charge in [0, 0.05) is 32.8 Å². The van der Waals surface area contributed by atoms with E-state index in [4.69, 9.17) is 10.2 Å². The average Bonchev–Trinajstić information content (AvgIpc) is 3.20. The topological polar surface area (TPSA) is 55.7 Å². The van der Waals surface area contributed by atoms with Crippen LogP contribution in [0.3, 0.4) is 0 Å². The third kappa shape index (κ3) is 5.75. The fourth-order valence-corrected chi connectivity index (χ4v) is 2.92. The Morgan fingerprint density at radius 3 is 2.33 bits per heavy atom. The van der Waals surface area contributed by atoms with Gasteiger partial charge in [-0.1, -0.05) is 30.3 Å². The number of nitrogens with zero attached hydrogens (tertiary/aromatic N) is 1. The van der Waals surface area contributed by atoms with Gasteiger partial charge in [0.1, 0.15) is 0 Å². The van der Waals surface area contributed by atoms with Crippen molar-refractivity contribution in [1.82, 2.24) is 10.2 Å². The van der Waals surface area contributed by atoms with Crippen LogP contribution in [0.25, 0.3) is 0 Å². The molecule has 4 heteroatoms. The molecule has 21 heavy (non-hydrogen) atoms. The number of hydrogen-bond acceptors (Lipinski definition) is 4. The Balaban J connectivity index is 0.000000194. The first kappa shape index (κ1) is 16.4. The second-order valence-electron chi connectivity index (χ2n) is 6.10. The number of rotatable bonds is 4. The van der Waals surface area contributed by atoms with Crippen LogP contribution in [0.1, 0.15) is 18.4 Å². The molecule has 0 aromatic heterocycles. The van der Waals surface area contributed by atoms with Crippen LogP contribution in [0.5, 0.6) is 0 Å². The van der Waals surface area contributed by atoms with Crippen molar-refractivity contribution in [3.63, 3.8) is 0 Å². The Morgan fingerprint density at radius 2 is 1.81 bits per heavy atom. The molecule has 0 amide bonds. The lowest BCUT2D eigenvalue weighted by molar-refractivity contribution is 0.220. The van der Waals surface area contributed by atoms with Crippen LogP contribution in [0.2, 0.25) is 0 Å². The van der Waals surface area contributed by atoms with Crippen LogP contribution >= 0.6 is 0 Å². The van der Waals surface area contributed by atoms with Crippen molar-refractivity contribution in [3.8, 4) is 0 Å². The van der Waals surface area contributed by atoms with E-state index in [2.05, 4.69) is 34.5 Å². The fraction of sp³-hybridized carbons (Fsp3) is 0.647. The minimum atomic E-state index is 0.339. The minimum absolute atomic E-state index is 0.339. The molecule has 0 radical (unpaired) electrons. The predicted molar refractivity (Wildman–Crippen MR) is 85.0 cm³/mol. The number of aliphatic hydroxyl groups is 2. The van der Waals surface area contributed by atoms with Gasteiger partial charge in [-0.25, -0.2) is 0 Å². The number of benzene rings is 1. The Morgan fingerprint density at radius 1 is 1.05 bits per heavy atom. The van der Waals surface area contributed by atoms with E-state index in [1.54, 1.807) is 0 Å². The molecule has 2 fully saturated rings. The first-order chi connectivity index (χ1) is 10.3. The van der Waals surface area contributed by atoms with Gasteiger partial charge >= 0.3 is 0 Å². The van der Waals surface area contributed by atoms with Gasteiger partial charge in [0.2, 0.25) is 0 Å². The molecular formula is C17H28N2O2. The summed E-state index contributed by atoms with van der Waals surface area (Å²) in [6, 6.07) is 10.5. The van der Waals surface area contributed by atoms with Gasteiger partial charge in [0.05, 0.1) is 0 Å². The van der Waals surface area contributed by atoms with E-state index in [0.29, 0.717) is 25.0 Å². The molecule has 1 aromatic carbocycles. The van der Waals surface area contributed by atoms with E-state index in [-0.39, 0.29) is 0 Å². The standard InChI is InChI=1S/C12H17NO.C5H11NO/c14-10-12-6-7-13(9-12)8-11-4-2-1-3-5-11;7-4-5-1-2-6-3-5/h1-5,12,14H,6-10H2;5-7H,1-4H2. The van der Waals surface area contributed by atoms with Gasteiger partial charge in [-0.15, -0.1) is 0 Å². The molecular weight excluding hydrogens is 264 g/mol. The third-order valence-electron chi connectivity index (χ3n) is 4.30. The number of hydrogen-bond donors (Lipinski definition) is 3. The molecule has 118 valence electrons. The van der Waals surface area contributed by atoms with Gasteiger partial charge in [0.15, 0.2) is 0 Å². The molecule has 0 bridgehead atoms. The summed E-state index contributed by atoms with van der Waals surface area (Å²) in [5, 5.41) is 20.7. The van der Waals surface area contributed by atoms with Crippen LogP contribution in [0.4, 0.5) is 0 Å². The van der Waals surface area contributed by atoms with Crippen LogP contribution in [-0.4, -0.2) is 54.5 Å². The second-order valence-corrected chi connectivity index (χ2v) is 6.10. The van der Waals surface area contributed by atoms with Crippen molar-refractivity contribution >= 4 is 0 Å². The second kappa shape index (κ2) is 9.15. The highest BCUT2D eigenvalue weighted by Crippen LogP contribution is 2.17. The van der Waals surface area contributed by atoms with Gasteiger partial charge in [-0.05, 0) is 43.3 Å². The van der Waals surface area contributed by atoms with Gasteiger partial charge < -0.3 is 15.5 Å². The zero-order valence-corrected chi connectivity index (χ0v) is 12.7. The van der Waals surface area contributed by atoms with E-state index >= 15 is 0 Å². The molecule has 0 spiro atoms. The number of nitrogens with one attached hydrogen (secondary N) is 1. The van der Waals surface area contributed by atoms with Crippen molar-refractivity contribution in [1.29, 1.82) is 0 Å². The molecule has 2 heterocycles. The molecule has 2 saturated heterocycles. The summed E-state index contributed by atoms with van der Waals surface area (Å²) in [6.45, 7) is 5.99. The summed E-state index contributed by atoms with van der Waals surface area (Å²) >= 11 is 0. The van der Waals surface area contributed by atoms with E-state index in [1.807, 2.05) is 6.07 Å². The maximum absolute atomic E-state index is 9.02. The first-order valence-electron chi connectivity index (χ1n) is 8.00. The third-order valence-corrected chi connectivity index (χ3v) is 4.30. The van der Waals surface area contributed by atoms with Crippen molar-refractivity contribution in [2.75, 3.05) is 39.4 Å². The van der Waals surface area contributed by atoms with E-state index in [0.717, 1.165) is 45.6 Å². The zero-order chi connectivity index (χ0) is 14.9. The van der Waals surface area contributed by atoms with Crippen molar-refractivity contribution in [2.24, 2.45) is 11.8 Å². The lowest BCUT2D eigenvalue weighted by Gasteiger charge is -2.15. The van der Waals surface area contributed by atoms with Gasteiger partial charge in [-0.2, -0.15) is 0 Å². The Labute approximate surface area is 127 Å². The molecule has 3 rings (SSSR count). The summed E-state index contributed by atoms with van der Waals surface area (Å²) in [6.07, 6.45) is 2.29. The summed E-state index contributed by atoms with van der Waals surface area (Å²) in [4.78, 5) is 2.41. The highest BCUT2D eigenvalue weighted by molar-refractivity contribution is 5.14. The molecule has 3 N–H and O–H groups in total. The molecule has 2 aliphatic heterocycles. The highest BCUT2D eigenvalue weighted by atomic mass is 16.3. The maximum atomic E-state index is 9.02. The van der Waals surface area contributed by atoms with Crippen LogP contribution in [-0.2, 0) is 6.54 Å². The molecule has 2 unspecified atom stereocenters. The number of aliphatic hydroxyl groups excluding tert-OH is 2. The van der Waals surface area contributed by atoms with E-state index in [9.17, 15) is 0 Å². The Hall–Kier alpha value is -0.940. The molecule has 4 nitrogen and oxygen atoms in total. The largest absolute Gasteiger partial charge is 0.396 e. The summed E-state index contributed by atoms with van der Waals surface area (Å²) < 4.78 is 0. The summed E-state index contributed by atoms with van der Waals surface area (Å²) in [5.41, 5.74) is 1.37. The number of likely N-dealkylation sites (tertiary alicyclic amines) is 1. The van der Waals surface area contributed by atoms with Crippen LogP contribution in [0.15, 0.2) is 30.3 Å². The maximum Gasteiger partial charge on any atom is 0.0471 e. The molecule has 1 aromatic rings. The molecule has 0 saturated carbocycles. The normalized spacial score (nSPS) is 25.6. The SMILES string of the molecule is OCC1CCN(Cc2ccccc2)C1.OCC1CCNC1. The zero-order valence-electron chi connectivity index (χ0n) is 12.7. The first-order valence-corrected chi connectivity index (χ1v) is 8.00. The lowest BCUT2D eigenvalue weighted by Crippen LogP contribution is -2.20. The Bertz CT molecular complexity index is 380. The highest BCUT2D eigenvalue weighted by Gasteiger charge is 2.21. The van der Waals surface area contributed by atoms with E-state index < -0.39 is 0 Å².